The van der Waals surface area contributed by atoms with Crippen molar-refractivity contribution in [2.24, 2.45) is 7.05 Å². The number of carbonyl (C=O) groups excluding carboxylic acids is 1. The first kappa shape index (κ1) is 12.2. The summed E-state index contributed by atoms with van der Waals surface area (Å²) in [5, 5.41) is 4.17. The molecule has 1 aliphatic rings. The molecule has 0 saturated heterocycles. The van der Waals surface area contributed by atoms with Crippen molar-refractivity contribution >= 4 is 5.78 Å². The van der Waals surface area contributed by atoms with Crippen LogP contribution in [-0.4, -0.2) is 20.1 Å². The second kappa shape index (κ2) is 5.03. The van der Waals surface area contributed by atoms with E-state index in [9.17, 15) is 4.79 Å². The number of carbonyl (C=O) groups is 1. The lowest BCUT2D eigenvalue weighted by Gasteiger charge is -2.01. The summed E-state index contributed by atoms with van der Waals surface area (Å²) >= 11 is 0. The Morgan fingerprint density at radius 3 is 2.84 bits per heavy atom. The number of aromatic nitrogens is 3. The first-order chi connectivity index (χ1) is 9.22. The molecule has 2 heterocycles. The third-order valence-electron chi connectivity index (χ3n) is 3.78. The topological polar surface area (TPSA) is 39.8 Å². The summed E-state index contributed by atoms with van der Waals surface area (Å²) in [7, 11) is 1.93. The van der Waals surface area contributed by atoms with E-state index < -0.39 is 0 Å². The summed E-state index contributed by atoms with van der Waals surface area (Å²) in [4.78, 5) is 12.0. The Morgan fingerprint density at radius 1 is 1.21 bits per heavy atom. The van der Waals surface area contributed by atoms with E-state index >= 15 is 0 Å². The van der Waals surface area contributed by atoms with Gasteiger partial charge in [0, 0.05) is 44.2 Å². The molecule has 100 valence electrons. The lowest BCUT2D eigenvalue weighted by atomic mass is 10.1. The van der Waals surface area contributed by atoms with Crippen LogP contribution in [0.1, 0.15) is 40.7 Å². The summed E-state index contributed by atoms with van der Waals surface area (Å²) in [5.74, 6) is 0.313. The van der Waals surface area contributed by atoms with Gasteiger partial charge in [0.2, 0.25) is 0 Å². The van der Waals surface area contributed by atoms with E-state index in [-0.39, 0.29) is 0 Å². The second-order valence-electron chi connectivity index (χ2n) is 5.34. The highest BCUT2D eigenvalue weighted by molar-refractivity contribution is 5.97. The van der Waals surface area contributed by atoms with Gasteiger partial charge in [0.1, 0.15) is 0 Å². The predicted molar refractivity (Wildman–Crippen MR) is 73.2 cm³/mol. The summed E-state index contributed by atoms with van der Waals surface area (Å²) < 4.78 is 3.98. The van der Waals surface area contributed by atoms with Gasteiger partial charge in [0.05, 0.1) is 6.20 Å². The zero-order chi connectivity index (χ0) is 13.2. The lowest BCUT2D eigenvalue weighted by Crippen LogP contribution is -1.99. The quantitative estimate of drug-likeness (QED) is 0.792. The number of ketones is 1. The van der Waals surface area contributed by atoms with E-state index in [1.807, 2.05) is 30.3 Å². The predicted octanol–water partition coefficient (Wildman–Crippen LogP) is 2.37. The Balaban J connectivity index is 1.72. The standard InChI is InChI=1S/C15H19N3O/c1-17-9-12(8-16-17)6-7-18-10-13-4-2-3-5-15(19)14(13)11-18/h8-11H,2-7H2,1H3. The van der Waals surface area contributed by atoms with Crippen molar-refractivity contribution in [2.75, 3.05) is 0 Å². The van der Waals surface area contributed by atoms with Crippen LogP contribution in [0.2, 0.25) is 0 Å². The average molecular weight is 257 g/mol. The maximum atomic E-state index is 12.0. The van der Waals surface area contributed by atoms with Crippen LogP contribution in [0.3, 0.4) is 0 Å². The van der Waals surface area contributed by atoms with Gasteiger partial charge in [-0.05, 0) is 36.8 Å². The number of fused-ring (bicyclic) bond motifs is 1. The number of nitrogens with zero attached hydrogens (tertiary/aromatic N) is 3. The Labute approximate surface area is 113 Å². The van der Waals surface area contributed by atoms with Gasteiger partial charge >= 0.3 is 0 Å². The molecule has 0 unspecified atom stereocenters. The number of rotatable bonds is 3. The molecule has 0 amide bonds. The third-order valence-corrected chi connectivity index (χ3v) is 3.78. The zero-order valence-corrected chi connectivity index (χ0v) is 11.3. The molecule has 0 fully saturated rings. The van der Waals surface area contributed by atoms with Crippen LogP contribution in [0, 0.1) is 0 Å². The van der Waals surface area contributed by atoms with Crippen molar-refractivity contribution < 1.29 is 4.79 Å². The van der Waals surface area contributed by atoms with Gasteiger partial charge in [-0.15, -0.1) is 0 Å². The second-order valence-corrected chi connectivity index (χ2v) is 5.34. The maximum absolute atomic E-state index is 12.0. The smallest absolute Gasteiger partial charge is 0.164 e. The van der Waals surface area contributed by atoms with E-state index in [0.717, 1.165) is 37.8 Å². The summed E-state index contributed by atoms with van der Waals surface area (Å²) in [6, 6.07) is 0. The lowest BCUT2D eigenvalue weighted by molar-refractivity contribution is 0.0982. The van der Waals surface area contributed by atoms with Crippen molar-refractivity contribution in [3.8, 4) is 0 Å². The Hall–Kier alpha value is -1.84. The molecule has 0 aromatic carbocycles. The van der Waals surface area contributed by atoms with E-state index in [1.165, 1.54) is 11.1 Å². The van der Waals surface area contributed by atoms with Crippen LogP contribution in [-0.2, 0) is 26.4 Å². The van der Waals surface area contributed by atoms with Gasteiger partial charge in [0.15, 0.2) is 5.78 Å². The molecule has 0 N–H and O–H groups in total. The molecule has 3 rings (SSSR count). The maximum Gasteiger partial charge on any atom is 0.164 e. The van der Waals surface area contributed by atoms with Gasteiger partial charge in [-0.1, -0.05) is 0 Å². The van der Waals surface area contributed by atoms with E-state index in [4.69, 9.17) is 0 Å². The Kier molecular flexibility index (Phi) is 3.23. The Morgan fingerprint density at radius 2 is 2.05 bits per heavy atom. The highest BCUT2D eigenvalue weighted by Gasteiger charge is 2.17. The minimum atomic E-state index is 0.313. The number of Topliss-reactive ketones (excluding diaryl/α,β-unsaturated/α-hetero) is 1. The fraction of sp³-hybridized carbons (Fsp3) is 0.467. The van der Waals surface area contributed by atoms with Crippen molar-refractivity contribution in [1.82, 2.24) is 14.3 Å². The average Bonchev–Trinajstić information content (AvgIpc) is 2.95. The van der Waals surface area contributed by atoms with E-state index in [2.05, 4.69) is 15.9 Å². The summed E-state index contributed by atoms with van der Waals surface area (Å²) in [5.41, 5.74) is 3.41. The minimum Gasteiger partial charge on any atom is -0.353 e. The monoisotopic (exact) mass is 257 g/mol. The van der Waals surface area contributed by atoms with Crippen LogP contribution in [0.25, 0.3) is 0 Å². The number of hydrogen-bond donors (Lipinski definition) is 0. The normalized spacial score (nSPS) is 15.3. The molecule has 0 aliphatic heterocycles. The SMILES string of the molecule is Cn1cc(CCn2cc3c(c2)C(=O)CCCC3)cn1. The highest BCUT2D eigenvalue weighted by atomic mass is 16.1. The zero-order valence-electron chi connectivity index (χ0n) is 11.3. The summed E-state index contributed by atoms with van der Waals surface area (Å²) in [6.45, 7) is 0.909. The molecule has 4 heteroatoms. The summed E-state index contributed by atoms with van der Waals surface area (Å²) in [6.07, 6.45) is 13.0. The molecule has 0 spiro atoms. The van der Waals surface area contributed by atoms with Gasteiger partial charge in [-0.3, -0.25) is 9.48 Å². The molecule has 2 aromatic rings. The molecule has 0 saturated carbocycles. The molecule has 1 aliphatic carbocycles. The highest BCUT2D eigenvalue weighted by Crippen LogP contribution is 2.21. The van der Waals surface area contributed by atoms with Crippen molar-refractivity contribution in [1.29, 1.82) is 0 Å². The molecule has 4 nitrogen and oxygen atoms in total. The third kappa shape index (κ3) is 2.62. The van der Waals surface area contributed by atoms with Crippen LogP contribution in [0.5, 0.6) is 0 Å². The van der Waals surface area contributed by atoms with Gasteiger partial charge < -0.3 is 4.57 Å². The van der Waals surface area contributed by atoms with Gasteiger partial charge in [-0.25, -0.2) is 0 Å². The molecule has 0 bridgehead atoms. The van der Waals surface area contributed by atoms with E-state index in [0.29, 0.717) is 12.2 Å². The van der Waals surface area contributed by atoms with Crippen molar-refractivity contribution in [3.63, 3.8) is 0 Å². The van der Waals surface area contributed by atoms with Crippen molar-refractivity contribution in [2.45, 2.75) is 38.6 Å². The fourth-order valence-corrected chi connectivity index (χ4v) is 2.73. The fourth-order valence-electron chi connectivity index (χ4n) is 2.73. The molecule has 0 atom stereocenters. The van der Waals surface area contributed by atoms with Gasteiger partial charge in [-0.2, -0.15) is 5.10 Å². The first-order valence-electron chi connectivity index (χ1n) is 6.92. The Bertz CT molecular complexity index is 594. The molecule has 2 aromatic heterocycles. The molecular weight excluding hydrogens is 238 g/mol. The number of hydrogen-bond acceptors (Lipinski definition) is 2. The molecule has 19 heavy (non-hydrogen) atoms. The van der Waals surface area contributed by atoms with Crippen molar-refractivity contribution in [3.05, 3.63) is 41.5 Å². The molecular formula is C15H19N3O. The first-order valence-corrected chi connectivity index (χ1v) is 6.92. The largest absolute Gasteiger partial charge is 0.353 e. The van der Waals surface area contributed by atoms with Crippen LogP contribution in [0.15, 0.2) is 24.8 Å². The van der Waals surface area contributed by atoms with Gasteiger partial charge in [0.25, 0.3) is 0 Å². The minimum absolute atomic E-state index is 0.313. The van der Waals surface area contributed by atoms with Crippen LogP contribution in [0.4, 0.5) is 0 Å². The van der Waals surface area contributed by atoms with E-state index in [1.54, 1.807) is 0 Å². The van der Waals surface area contributed by atoms with Crippen LogP contribution < -0.4 is 0 Å². The van der Waals surface area contributed by atoms with Crippen LogP contribution >= 0.6 is 0 Å². The number of aryl methyl sites for hydroxylation is 4. The molecule has 0 radical (unpaired) electrons.